The molecule has 0 bridgehead atoms. The van der Waals surface area contributed by atoms with Crippen LogP contribution in [0.4, 0.5) is 5.69 Å². The van der Waals surface area contributed by atoms with Crippen molar-refractivity contribution < 1.29 is 9.59 Å². The van der Waals surface area contributed by atoms with Crippen molar-refractivity contribution in [3.63, 3.8) is 0 Å². The molecule has 122 valence electrons. The van der Waals surface area contributed by atoms with Crippen LogP contribution in [0.15, 0.2) is 24.3 Å². The van der Waals surface area contributed by atoms with E-state index in [1.54, 1.807) is 4.90 Å². The molecule has 0 aromatic heterocycles. The fraction of sp³-hybridized carbons (Fsp3) is 0.500. The molecule has 1 heterocycles. The molecule has 5 nitrogen and oxygen atoms in total. The predicted octanol–water partition coefficient (Wildman–Crippen LogP) is 2.02. The zero-order valence-corrected chi connectivity index (χ0v) is 13.9. The van der Waals surface area contributed by atoms with Crippen molar-refractivity contribution in [2.45, 2.75) is 26.8 Å². The summed E-state index contributed by atoms with van der Waals surface area (Å²) in [5.41, 5.74) is 1.88. The third-order valence-electron chi connectivity index (χ3n) is 3.81. The predicted molar refractivity (Wildman–Crippen MR) is 90.1 cm³/mol. The maximum Gasteiger partial charge on any atom is 0.229 e. The highest BCUT2D eigenvalue weighted by molar-refractivity contribution is 5.97. The molecule has 2 rings (SSSR count). The van der Waals surface area contributed by atoms with Crippen LogP contribution < -0.4 is 10.6 Å². The number of carbonyl (C=O) groups excluding carboxylic acids is 2. The van der Waals surface area contributed by atoms with Crippen molar-refractivity contribution in [2.75, 3.05) is 25.0 Å². The minimum Gasteiger partial charge on any atom is -0.342 e. The van der Waals surface area contributed by atoms with E-state index in [2.05, 4.69) is 10.6 Å². The molecule has 1 aliphatic heterocycles. The zero-order chi connectivity index (χ0) is 15.2. The molecule has 2 N–H and O–H groups in total. The highest BCUT2D eigenvalue weighted by Crippen LogP contribution is 2.21. The molecular formula is C16H24ClN3O2. The maximum atomic E-state index is 12.3. The van der Waals surface area contributed by atoms with Crippen LogP contribution in [0.1, 0.15) is 25.8 Å². The van der Waals surface area contributed by atoms with E-state index in [1.807, 2.05) is 38.1 Å². The molecule has 1 aromatic rings. The molecule has 1 unspecified atom stereocenters. The average molecular weight is 326 g/mol. The number of nitrogens with zero attached hydrogens (tertiary/aromatic N) is 1. The number of benzene rings is 1. The third kappa shape index (κ3) is 4.45. The van der Waals surface area contributed by atoms with Gasteiger partial charge in [-0.3, -0.25) is 9.59 Å². The maximum absolute atomic E-state index is 12.3. The van der Waals surface area contributed by atoms with Crippen molar-refractivity contribution in [2.24, 2.45) is 5.92 Å². The van der Waals surface area contributed by atoms with E-state index in [0.29, 0.717) is 19.5 Å². The molecule has 0 spiro atoms. The number of hydrogen-bond donors (Lipinski definition) is 2. The SMILES string of the molecule is CCNCc1ccccc1NC(=O)C1CC(=O)N(CC)C1.Cl. The molecular weight excluding hydrogens is 302 g/mol. The van der Waals surface area contributed by atoms with E-state index >= 15 is 0 Å². The van der Waals surface area contributed by atoms with Crippen molar-refractivity contribution in [3.05, 3.63) is 29.8 Å². The van der Waals surface area contributed by atoms with Gasteiger partial charge in [-0.05, 0) is 25.1 Å². The standard InChI is InChI=1S/C16H23N3O2.ClH/c1-3-17-10-12-7-5-6-8-14(12)18-16(21)13-9-15(20)19(4-2)11-13;/h5-8,13,17H,3-4,9-11H2,1-2H3,(H,18,21);1H. The Bertz CT molecular complexity index is 522. The summed E-state index contributed by atoms with van der Waals surface area (Å²) in [4.78, 5) is 25.8. The molecule has 1 fully saturated rings. The van der Waals surface area contributed by atoms with Crippen molar-refractivity contribution in [1.29, 1.82) is 0 Å². The fourth-order valence-corrected chi connectivity index (χ4v) is 2.54. The van der Waals surface area contributed by atoms with Gasteiger partial charge < -0.3 is 15.5 Å². The van der Waals surface area contributed by atoms with Gasteiger partial charge in [0.25, 0.3) is 0 Å². The van der Waals surface area contributed by atoms with Crippen molar-refractivity contribution in [3.8, 4) is 0 Å². The Morgan fingerprint density at radius 1 is 1.32 bits per heavy atom. The minimum absolute atomic E-state index is 0. The van der Waals surface area contributed by atoms with Crippen LogP contribution in [-0.4, -0.2) is 36.3 Å². The summed E-state index contributed by atoms with van der Waals surface area (Å²) < 4.78 is 0. The van der Waals surface area contributed by atoms with Crippen LogP contribution in [0.25, 0.3) is 0 Å². The summed E-state index contributed by atoms with van der Waals surface area (Å²) in [6.07, 6.45) is 0.315. The van der Waals surface area contributed by atoms with Gasteiger partial charge in [0.1, 0.15) is 0 Å². The van der Waals surface area contributed by atoms with Gasteiger partial charge in [-0.1, -0.05) is 25.1 Å². The number of carbonyl (C=O) groups is 2. The van der Waals surface area contributed by atoms with Gasteiger partial charge >= 0.3 is 0 Å². The van der Waals surface area contributed by atoms with Crippen LogP contribution in [0, 0.1) is 5.92 Å². The molecule has 1 aliphatic rings. The Morgan fingerprint density at radius 2 is 2.05 bits per heavy atom. The van der Waals surface area contributed by atoms with Gasteiger partial charge in [-0.2, -0.15) is 0 Å². The lowest BCUT2D eigenvalue weighted by molar-refractivity contribution is -0.128. The monoisotopic (exact) mass is 325 g/mol. The second-order valence-electron chi connectivity index (χ2n) is 5.26. The number of anilines is 1. The number of nitrogens with one attached hydrogen (secondary N) is 2. The lowest BCUT2D eigenvalue weighted by atomic mass is 10.1. The number of hydrogen-bond acceptors (Lipinski definition) is 3. The lowest BCUT2D eigenvalue weighted by Crippen LogP contribution is -2.28. The Hall–Kier alpha value is -1.59. The number of rotatable bonds is 6. The third-order valence-corrected chi connectivity index (χ3v) is 3.81. The number of halogens is 1. The van der Waals surface area contributed by atoms with E-state index < -0.39 is 0 Å². The largest absolute Gasteiger partial charge is 0.342 e. The van der Waals surface area contributed by atoms with E-state index in [1.165, 1.54) is 0 Å². The Morgan fingerprint density at radius 3 is 2.68 bits per heavy atom. The van der Waals surface area contributed by atoms with Gasteiger partial charge in [0.15, 0.2) is 0 Å². The topological polar surface area (TPSA) is 61.4 Å². The van der Waals surface area contributed by atoms with E-state index in [4.69, 9.17) is 0 Å². The van der Waals surface area contributed by atoms with Gasteiger partial charge in [-0.15, -0.1) is 12.4 Å². The van der Waals surface area contributed by atoms with Crippen LogP contribution in [0.2, 0.25) is 0 Å². The lowest BCUT2D eigenvalue weighted by Gasteiger charge is -2.15. The quantitative estimate of drug-likeness (QED) is 0.841. The zero-order valence-electron chi connectivity index (χ0n) is 13.1. The summed E-state index contributed by atoms with van der Waals surface area (Å²) in [6.45, 7) is 6.77. The Labute approximate surface area is 137 Å². The minimum atomic E-state index is -0.246. The van der Waals surface area contributed by atoms with Gasteiger partial charge in [-0.25, -0.2) is 0 Å². The van der Waals surface area contributed by atoms with Crippen LogP contribution in [0.5, 0.6) is 0 Å². The average Bonchev–Trinajstić information content (AvgIpc) is 2.87. The number of para-hydroxylation sites is 1. The summed E-state index contributed by atoms with van der Waals surface area (Å²) in [5, 5.41) is 6.23. The fourth-order valence-electron chi connectivity index (χ4n) is 2.54. The number of likely N-dealkylation sites (tertiary alicyclic amines) is 1. The Kier molecular flexibility index (Phi) is 7.35. The molecule has 1 saturated heterocycles. The highest BCUT2D eigenvalue weighted by Gasteiger charge is 2.33. The second kappa shape index (κ2) is 8.76. The molecule has 0 aliphatic carbocycles. The van der Waals surface area contributed by atoms with Gasteiger partial charge in [0, 0.05) is 31.7 Å². The summed E-state index contributed by atoms with van der Waals surface area (Å²) in [6, 6.07) is 7.76. The van der Waals surface area contributed by atoms with Crippen LogP contribution >= 0.6 is 12.4 Å². The second-order valence-corrected chi connectivity index (χ2v) is 5.26. The molecule has 0 radical (unpaired) electrons. The van der Waals surface area contributed by atoms with Gasteiger partial charge in [0.05, 0.1) is 5.92 Å². The summed E-state index contributed by atoms with van der Waals surface area (Å²) >= 11 is 0. The van der Waals surface area contributed by atoms with Crippen LogP contribution in [0.3, 0.4) is 0 Å². The first-order chi connectivity index (χ1) is 10.2. The molecule has 2 amide bonds. The summed E-state index contributed by atoms with van der Waals surface area (Å²) in [7, 11) is 0. The Balaban J connectivity index is 0.00000242. The van der Waals surface area contributed by atoms with Crippen LogP contribution in [-0.2, 0) is 16.1 Å². The first-order valence-corrected chi connectivity index (χ1v) is 7.53. The van der Waals surface area contributed by atoms with Crippen molar-refractivity contribution >= 4 is 29.9 Å². The summed E-state index contributed by atoms with van der Waals surface area (Å²) in [5.74, 6) is -0.244. The van der Waals surface area contributed by atoms with E-state index in [0.717, 1.165) is 24.3 Å². The molecule has 1 aromatic carbocycles. The molecule has 0 saturated carbocycles. The molecule has 1 atom stereocenters. The molecule has 22 heavy (non-hydrogen) atoms. The number of amides is 2. The molecule has 6 heteroatoms. The first kappa shape index (κ1) is 18.5. The van der Waals surface area contributed by atoms with E-state index in [-0.39, 0.29) is 30.1 Å². The normalized spacial score (nSPS) is 17.3. The smallest absolute Gasteiger partial charge is 0.229 e. The van der Waals surface area contributed by atoms with Gasteiger partial charge in [0.2, 0.25) is 11.8 Å². The first-order valence-electron chi connectivity index (χ1n) is 7.53. The van der Waals surface area contributed by atoms with Crippen molar-refractivity contribution in [1.82, 2.24) is 10.2 Å². The highest BCUT2D eigenvalue weighted by atomic mass is 35.5. The van der Waals surface area contributed by atoms with E-state index in [9.17, 15) is 9.59 Å².